The first-order valence-corrected chi connectivity index (χ1v) is 10.0. The summed E-state index contributed by atoms with van der Waals surface area (Å²) in [6.07, 6.45) is 0.973. The zero-order valence-electron chi connectivity index (χ0n) is 14.4. The number of benzene rings is 2. The van der Waals surface area contributed by atoms with Crippen LogP contribution in [-0.4, -0.2) is 19.3 Å². The maximum Gasteiger partial charge on any atom is 0.339 e. The van der Waals surface area contributed by atoms with Gasteiger partial charge in [-0.1, -0.05) is 42.0 Å². The van der Waals surface area contributed by atoms with Gasteiger partial charge in [0, 0.05) is 11.8 Å². The number of oxime groups is 1. The van der Waals surface area contributed by atoms with Crippen LogP contribution in [0, 0.1) is 6.92 Å². The lowest BCUT2D eigenvalue weighted by molar-refractivity contribution is -0.00000910. The predicted molar refractivity (Wildman–Crippen MR) is 100 cm³/mol. The third-order valence-electron chi connectivity index (χ3n) is 2.96. The molecule has 0 fully saturated rings. The van der Waals surface area contributed by atoms with Crippen LogP contribution < -0.4 is 38.7 Å². The highest BCUT2D eigenvalue weighted by Crippen LogP contribution is 2.26. The Kier molecular flexibility index (Phi) is 9.23. The second-order valence-electron chi connectivity index (χ2n) is 5.20. The molecule has 2 aromatic rings. The SMILES string of the molecule is CCCS/C(N)=N\Oc1cc(C)cc(OS(=O)(=O)c2ccccc2)c1.[I-]. The van der Waals surface area contributed by atoms with E-state index in [0.29, 0.717) is 10.9 Å². The monoisotopic (exact) mass is 507 g/mol. The van der Waals surface area contributed by atoms with Gasteiger partial charge < -0.3 is 38.7 Å². The van der Waals surface area contributed by atoms with Crippen molar-refractivity contribution >= 4 is 27.0 Å². The Balaban J connectivity index is 0.00000338. The van der Waals surface area contributed by atoms with Gasteiger partial charge in [-0.3, -0.25) is 0 Å². The Morgan fingerprint density at radius 1 is 1.15 bits per heavy atom. The van der Waals surface area contributed by atoms with E-state index in [0.717, 1.165) is 17.7 Å². The molecule has 0 aromatic heterocycles. The van der Waals surface area contributed by atoms with Crippen LogP contribution in [0.25, 0.3) is 0 Å². The molecule has 0 aliphatic heterocycles. The number of hydrogen-bond donors (Lipinski definition) is 1. The van der Waals surface area contributed by atoms with E-state index in [-0.39, 0.29) is 34.6 Å². The second kappa shape index (κ2) is 10.6. The van der Waals surface area contributed by atoms with E-state index in [1.165, 1.54) is 30.0 Å². The minimum absolute atomic E-state index is 0. The van der Waals surface area contributed by atoms with Gasteiger partial charge >= 0.3 is 10.1 Å². The van der Waals surface area contributed by atoms with Crippen LogP contribution in [-0.2, 0) is 10.1 Å². The number of hydrogen-bond acceptors (Lipinski definition) is 6. The minimum Gasteiger partial charge on any atom is -1.00 e. The average Bonchev–Trinajstić information content (AvgIpc) is 2.58. The molecule has 0 aliphatic carbocycles. The highest BCUT2D eigenvalue weighted by atomic mass is 127. The Morgan fingerprint density at radius 2 is 1.81 bits per heavy atom. The molecule has 0 heterocycles. The van der Waals surface area contributed by atoms with Crippen molar-refractivity contribution < 1.29 is 41.4 Å². The minimum atomic E-state index is -3.91. The number of amidine groups is 1. The van der Waals surface area contributed by atoms with E-state index in [9.17, 15) is 8.42 Å². The van der Waals surface area contributed by atoms with Gasteiger partial charge in [-0.2, -0.15) is 8.42 Å². The van der Waals surface area contributed by atoms with Crippen LogP contribution in [0.2, 0.25) is 0 Å². The highest BCUT2D eigenvalue weighted by Gasteiger charge is 2.16. The number of halogens is 1. The average molecular weight is 507 g/mol. The van der Waals surface area contributed by atoms with E-state index in [1.54, 1.807) is 37.3 Å². The van der Waals surface area contributed by atoms with Gasteiger partial charge in [-0.25, -0.2) is 0 Å². The first kappa shape index (κ1) is 22.6. The fourth-order valence-electron chi connectivity index (χ4n) is 1.91. The maximum atomic E-state index is 12.3. The number of aryl methyl sites for hydroxylation is 1. The van der Waals surface area contributed by atoms with E-state index >= 15 is 0 Å². The van der Waals surface area contributed by atoms with Crippen molar-refractivity contribution in [3.8, 4) is 11.5 Å². The third kappa shape index (κ3) is 7.04. The van der Waals surface area contributed by atoms with Gasteiger partial charge in [0.1, 0.15) is 10.6 Å². The van der Waals surface area contributed by atoms with Gasteiger partial charge in [-0.15, -0.1) is 0 Å². The van der Waals surface area contributed by atoms with Crippen LogP contribution in [0.5, 0.6) is 11.5 Å². The zero-order chi connectivity index (χ0) is 18.3. The van der Waals surface area contributed by atoms with Crippen molar-refractivity contribution in [2.75, 3.05) is 5.75 Å². The summed E-state index contributed by atoms with van der Waals surface area (Å²) in [5.74, 6) is 1.34. The number of nitrogens with zero attached hydrogens (tertiary/aromatic N) is 1. The van der Waals surface area contributed by atoms with Crippen LogP contribution in [0.1, 0.15) is 18.9 Å². The predicted octanol–water partition coefficient (Wildman–Crippen LogP) is 0.518. The highest BCUT2D eigenvalue weighted by molar-refractivity contribution is 8.13. The summed E-state index contributed by atoms with van der Waals surface area (Å²) in [5, 5.41) is 4.13. The Bertz CT molecular complexity index is 843. The van der Waals surface area contributed by atoms with Crippen molar-refractivity contribution in [1.82, 2.24) is 0 Å². The molecule has 0 atom stereocenters. The molecule has 2 rings (SSSR count). The van der Waals surface area contributed by atoms with Gasteiger partial charge in [0.05, 0.1) is 0 Å². The summed E-state index contributed by atoms with van der Waals surface area (Å²) in [6, 6.07) is 12.7. The quantitative estimate of drug-likeness (QED) is 0.193. The molecule has 9 heteroatoms. The number of nitrogens with two attached hydrogens (primary N) is 1. The molecule has 0 unspecified atom stereocenters. The van der Waals surface area contributed by atoms with E-state index < -0.39 is 10.1 Å². The fraction of sp³-hybridized carbons (Fsp3) is 0.235. The van der Waals surface area contributed by atoms with Crippen molar-refractivity contribution in [2.45, 2.75) is 25.2 Å². The molecule has 0 aliphatic rings. The molecular formula is C17H20IN2O4S2-. The number of rotatable bonds is 7. The molecule has 26 heavy (non-hydrogen) atoms. The Morgan fingerprint density at radius 3 is 2.46 bits per heavy atom. The lowest BCUT2D eigenvalue weighted by Crippen LogP contribution is -3.00. The Labute approximate surface area is 175 Å². The first-order chi connectivity index (χ1) is 11.9. The van der Waals surface area contributed by atoms with Crippen molar-refractivity contribution in [2.24, 2.45) is 10.9 Å². The van der Waals surface area contributed by atoms with Crippen LogP contribution >= 0.6 is 11.8 Å². The summed E-state index contributed by atoms with van der Waals surface area (Å²) >= 11 is 1.39. The second-order valence-corrected chi connectivity index (χ2v) is 7.86. The lowest BCUT2D eigenvalue weighted by Gasteiger charge is -2.09. The smallest absolute Gasteiger partial charge is 0.339 e. The van der Waals surface area contributed by atoms with E-state index in [1.807, 2.05) is 6.92 Å². The molecule has 0 saturated heterocycles. The van der Waals surface area contributed by atoms with Crippen molar-refractivity contribution in [1.29, 1.82) is 0 Å². The van der Waals surface area contributed by atoms with Gasteiger partial charge in [0.15, 0.2) is 10.9 Å². The van der Waals surface area contributed by atoms with Gasteiger partial charge in [-0.05, 0) is 43.2 Å². The van der Waals surface area contributed by atoms with E-state index in [2.05, 4.69) is 5.16 Å². The van der Waals surface area contributed by atoms with Crippen molar-refractivity contribution in [3.05, 3.63) is 54.1 Å². The van der Waals surface area contributed by atoms with Gasteiger partial charge in [0.25, 0.3) is 0 Å². The molecule has 2 N–H and O–H groups in total. The molecule has 0 saturated carbocycles. The number of thioether (sulfide) groups is 1. The van der Waals surface area contributed by atoms with Gasteiger partial charge in [0.2, 0.25) is 0 Å². The molecule has 0 spiro atoms. The summed E-state index contributed by atoms with van der Waals surface area (Å²) in [4.78, 5) is 5.35. The summed E-state index contributed by atoms with van der Waals surface area (Å²) < 4.78 is 29.8. The molecule has 6 nitrogen and oxygen atoms in total. The topological polar surface area (TPSA) is 91.0 Å². The van der Waals surface area contributed by atoms with E-state index in [4.69, 9.17) is 14.8 Å². The standard InChI is InChI=1S/C17H20N2O4S2.HI/c1-3-9-24-17(18)19-22-14-10-13(2)11-15(12-14)23-25(20,21)16-7-5-4-6-8-16;/h4-8,10-12H,3,9H2,1-2H3,(H2,18,19);1H/p-1. The maximum absolute atomic E-state index is 12.3. The lowest BCUT2D eigenvalue weighted by atomic mass is 10.2. The molecule has 2 aromatic carbocycles. The largest absolute Gasteiger partial charge is 1.00 e. The van der Waals surface area contributed by atoms with Crippen molar-refractivity contribution in [3.63, 3.8) is 0 Å². The zero-order valence-corrected chi connectivity index (χ0v) is 18.2. The summed E-state index contributed by atoms with van der Waals surface area (Å²) in [7, 11) is -3.91. The third-order valence-corrected chi connectivity index (χ3v) is 5.20. The molecule has 0 amide bonds. The van der Waals surface area contributed by atoms with Crippen LogP contribution in [0.15, 0.2) is 58.6 Å². The molecule has 0 radical (unpaired) electrons. The summed E-state index contributed by atoms with van der Waals surface area (Å²) in [5.41, 5.74) is 6.49. The first-order valence-electron chi connectivity index (χ1n) is 7.65. The molecule has 142 valence electrons. The molecular weight excluding hydrogens is 487 g/mol. The fourth-order valence-corrected chi connectivity index (χ4v) is 3.35. The molecule has 0 bridgehead atoms. The van der Waals surface area contributed by atoms with Crippen LogP contribution in [0.4, 0.5) is 0 Å². The van der Waals surface area contributed by atoms with Crippen LogP contribution in [0.3, 0.4) is 0 Å². The summed E-state index contributed by atoms with van der Waals surface area (Å²) in [6.45, 7) is 3.84. The normalized spacial score (nSPS) is 11.5. The Hall–Kier alpha value is -1.46.